The van der Waals surface area contributed by atoms with E-state index >= 15 is 0 Å². The number of hydrogen-bond acceptors (Lipinski definition) is 5. The third kappa shape index (κ3) is 2.29. The van der Waals surface area contributed by atoms with E-state index in [1.807, 2.05) is 41.1 Å². The Labute approximate surface area is 135 Å². The highest BCUT2D eigenvalue weighted by molar-refractivity contribution is 7.98. The summed E-state index contributed by atoms with van der Waals surface area (Å²) in [6, 6.07) is 12.0. The lowest BCUT2D eigenvalue weighted by Crippen LogP contribution is -1.99. The Balaban J connectivity index is 1.68. The maximum atomic E-state index is 9.64. The molecule has 1 N–H and O–H groups in total. The summed E-state index contributed by atoms with van der Waals surface area (Å²) in [4.78, 5) is 9.10. The van der Waals surface area contributed by atoms with E-state index in [9.17, 15) is 5.11 Å². The summed E-state index contributed by atoms with van der Waals surface area (Å²) in [6.45, 7) is -0.0700. The predicted molar refractivity (Wildman–Crippen MR) is 91.1 cm³/mol. The number of aliphatic hydroxyl groups excluding tert-OH is 1. The van der Waals surface area contributed by atoms with E-state index in [1.165, 1.54) is 10.1 Å². The average molecular weight is 327 g/mol. The molecule has 0 unspecified atom stereocenters. The molecular formula is C16H13N3OS2. The molecular weight excluding hydrogens is 314 g/mol. The van der Waals surface area contributed by atoms with Crippen LogP contribution in [-0.4, -0.2) is 19.6 Å². The Kier molecular flexibility index (Phi) is 3.57. The molecule has 0 amide bonds. The number of thiophene rings is 1. The van der Waals surface area contributed by atoms with Gasteiger partial charge in [-0.15, -0.1) is 11.3 Å². The van der Waals surface area contributed by atoms with Gasteiger partial charge in [-0.25, -0.2) is 4.98 Å². The number of fused-ring (bicyclic) bond motifs is 2. The topological polar surface area (TPSA) is 50.9 Å². The van der Waals surface area contributed by atoms with Crippen molar-refractivity contribution in [3.63, 3.8) is 0 Å². The normalized spacial score (nSPS) is 11.5. The van der Waals surface area contributed by atoms with Gasteiger partial charge in [0.2, 0.25) is 0 Å². The number of nitrogens with zero attached hydrogens (tertiary/aromatic N) is 3. The third-order valence-corrected chi connectivity index (χ3v) is 5.51. The fourth-order valence-electron chi connectivity index (χ4n) is 2.49. The molecule has 0 aliphatic carbocycles. The third-order valence-electron chi connectivity index (χ3n) is 3.54. The van der Waals surface area contributed by atoms with Gasteiger partial charge in [0.15, 0.2) is 5.16 Å². The highest BCUT2D eigenvalue weighted by atomic mass is 32.2. The van der Waals surface area contributed by atoms with Crippen molar-refractivity contribution in [3.8, 4) is 0 Å². The van der Waals surface area contributed by atoms with Crippen molar-refractivity contribution < 1.29 is 5.11 Å². The second-order valence-electron chi connectivity index (χ2n) is 4.84. The largest absolute Gasteiger partial charge is 0.376 e. The monoisotopic (exact) mass is 327 g/mol. The Hall–Kier alpha value is -1.89. The van der Waals surface area contributed by atoms with E-state index < -0.39 is 0 Å². The van der Waals surface area contributed by atoms with Crippen molar-refractivity contribution in [2.45, 2.75) is 17.6 Å². The highest BCUT2D eigenvalue weighted by Gasteiger charge is 2.12. The first-order chi connectivity index (χ1) is 10.9. The van der Waals surface area contributed by atoms with E-state index in [1.54, 1.807) is 23.1 Å². The van der Waals surface area contributed by atoms with Crippen LogP contribution in [0, 0.1) is 0 Å². The summed E-state index contributed by atoms with van der Waals surface area (Å²) in [7, 11) is 0. The molecule has 0 bridgehead atoms. The number of imidazole rings is 1. The van der Waals surface area contributed by atoms with Gasteiger partial charge in [0, 0.05) is 11.9 Å². The fourth-order valence-corrected chi connectivity index (χ4v) is 4.42. The van der Waals surface area contributed by atoms with Gasteiger partial charge in [0.05, 0.1) is 21.4 Å². The molecule has 0 radical (unpaired) electrons. The van der Waals surface area contributed by atoms with Gasteiger partial charge >= 0.3 is 0 Å². The van der Waals surface area contributed by atoms with Gasteiger partial charge in [-0.2, -0.15) is 0 Å². The summed E-state index contributed by atoms with van der Waals surface area (Å²) in [5.74, 6) is 0.737. The van der Waals surface area contributed by atoms with E-state index in [4.69, 9.17) is 0 Å². The Bertz CT molecular complexity index is 945. The smallest absolute Gasteiger partial charge is 0.171 e. The van der Waals surface area contributed by atoms with Gasteiger partial charge in [0.1, 0.15) is 6.73 Å². The van der Waals surface area contributed by atoms with Crippen LogP contribution >= 0.6 is 23.1 Å². The van der Waals surface area contributed by atoms with Gasteiger partial charge in [-0.1, -0.05) is 23.9 Å². The first-order valence-corrected chi connectivity index (χ1v) is 8.73. The molecule has 6 heteroatoms. The Morgan fingerprint density at radius 3 is 3.00 bits per heavy atom. The van der Waals surface area contributed by atoms with Crippen LogP contribution in [0.2, 0.25) is 0 Å². The molecule has 1 aromatic carbocycles. The summed E-state index contributed by atoms with van der Waals surface area (Å²) < 4.78 is 3.05. The van der Waals surface area contributed by atoms with Crippen molar-refractivity contribution in [1.82, 2.24) is 14.5 Å². The first-order valence-electron chi connectivity index (χ1n) is 6.87. The van der Waals surface area contributed by atoms with Crippen molar-refractivity contribution in [1.29, 1.82) is 0 Å². The summed E-state index contributed by atoms with van der Waals surface area (Å²) in [6.07, 6.45) is 1.85. The zero-order chi connectivity index (χ0) is 14.9. The molecule has 110 valence electrons. The molecule has 4 nitrogen and oxygen atoms in total. The van der Waals surface area contributed by atoms with Crippen LogP contribution in [0.25, 0.3) is 21.1 Å². The number of thioether (sulfide) groups is 1. The quantitative estimate of drug-likeness (QED) is 0.578. The summed E-state index contributed by atoms with van der Waals surface area (Å²) in [5, 5.41) is 13.8. The van der Waals surface area contributed by atoms with Crippen LogP contribution < -0.4 is 0 Å². The van der Waals surface area contributed by atoms with Gasteiger partial charge in [-0.05, 0) is 35.0 Å². The first kappa shape index (κ1) is 13.8. The van der Waals surface area contributed by atoms with Crippen LogP contribution in [0.4, 0.5) is 0 Å². The van der Waals surface area contributed by atoms with Crippen molar-refractivity contribution in [2.75, 3.05) is 0 Å². The highest BCUT2D eigenvalue weighted by Crippen LogP contribution is 2.30. The van der Waals surface area contributed by atoms with Crippen molar-refractivity contribution in [3.05, 3.63) is 53.7 Å². The minimum Gasteiger partial charge on any atom is -0.376 e. The predicted octanol–water partition coefficient (Wildman–Crippen LogP) is 3.89. The van der Waals surface area contributed by atoms with Crippen LogP contribution in [0.3, 0.4) is 0 Å². The zero-order valence-corrected chi connectivity index (χ0v) is 13.3. The zero-order valence-electron chi connectivity index (χ0n) is 11.6. The maximum Gasteiger partial charge on any atom is 0.171 e. The second-order valence-corrected chi connectivity index (χ2v) is 6.70. The second kappa shape index (κ2) is 5.72. The minimum absolute atomic E-state index is 0.0700. The molecule has 0 spiro atoms. The molecule has 3 heterocycles. The summed E-state index contributed by atoms with van der Waals surface area (Å²) >= 11 is 3.32. The minimum atomic E-state index is -0.0700. The van der Waals surface area contributed by atoms with Crippen LogP contribution in [0.5, 0.6) is 0 Å². The Morgan fingerprint density at radius 1 is 1.18 bits per heavy atom. The van der Waals surface area contributed by atoms with E-state index in [2.05, 4.69) is 21.4 Å². The number of pyridine rings is 1. The van der Waals surface area contributed by atoms with E-state index in [-0.39, 0.29) is 6.73 Å². The van der Waals surface area contributed by atoms with Gasteiger partial charge in [0.25, 0.3) is 0 Å². The van der Waals surface area contributed by atoms with Crippen LogP contribution in [0.1, 0.15) is 5.69 Å². The molecule has 22 heavy (non-hydrogen) atoms. The molecule has 3 aromatic heterocycles. The number of aliphatic hydroxyl groups is 1. The van der Waals surface area contributed by atoms with Gasteiger partial charge < -0.3 is 5.11 Å². The number of hydrogen-bond donors (Lipinski definition) is 1. The molecule has 0 atom stereocenters. The Morgan fingerprint density at radius 2 is 2.09 bits per heavy atom. The molecule has 0 aliphatic rings. The van der Waals surface area contributed by atoms with Gasteiger partial charge in [-0.3, -0.25) is 9.55 Å². The lowest BCUT2D eigenvalue weighted by molar-refractivity contribution is 0.205. The van der Waals surface area contributed by atoms with E-state index in [0.717, 1.165) is 27.6 Å². The number of rotatable bonds is 4. The number of aromatic nitrogens is 3. The standard InChI is InChI=1S/C16H13N3OS2/c20-10-19-14-4-2-1-3-12(14)18-16(19)22-9-13-15-11(5-7-17-13)6-8-21-15/h1-8,20H,9-10H2. The molecule has 0 fully saturated rings. The van der Waals surface area contributed by atoms with Crippen LogP contribution in [-0.2, 0) is 12.5 Å². The SMILES string of the molecule is OCn1c(SCc2nccc3ccsc23)nc2ccccc21. The number of benzene rings is 1. The summed E-state index contributed by atoms with van der Waals surface area (Å²) in [5.41, 5.74) is 2.92. The maximum absolute atomic E-state index is 9.64. The fraction of sp³-hybridized carbons (Fsp3) is 0.125. The van der Waals surface area contributed by atoms with Crippen molar-refractivity contribution >= 4 is 44.2 Å². The lowest BCUT2D eigenvalue weighted by atomic mass is 10.3. The molecule has 0 saturated carbocycles. The van der Waals surface area contributed by atoms with E-state index in [0.29, 0.717) is 0 Å². The van der Waals surface area contributed by atoms with Crippen molar-refractivity contribution in [2.24, 2.45) is 0 Å². The number of para-hydroxylation sites is 2. The molecule has 0 aliphatic heterocycles. The lowest BCUT2D eigenvalue weighted by Gasteiger charge is -2.05. The average Bonchev–Trinajstić information content (AvgIpc) is 3.16. The molecule has 0 saturated heterocycles. The van der Waals surface area contributed by atoms with Crippen LogP contribution in [0.15, 0.2) is 53.1 Å². The molecule has 4 aromatic rings. The molecule has 4 rings (SSSR count).